The third kappa shape index (κ3) is 6.37. The van der Waals surface area contributed by atoms with E-state index in [9.17, 15) is 18.8 Å². The molecule has 11 nitrogen and oxygen atoms in total. The van der Waals surface area contributed by atoms with Crippen molar-refractivity contribution in [3.05, 3.63) is 122 Å². The summed E-state index contributed by atoms with van der Waals surface area (Å²) in [6, 6.07) is 8.08. The number of hydrogen-bond acceptors (Lipinski definition) is 8. The highest BCUT2D eigenvalue weighted by molar-refractivity contribution is 6.03. The van der Waals surface area contributed by atoms with Crippen LogP contribution in [0.15, 0.2) is 93.8 Å². The molecular formula is C31H30F2N6O5. The zero-order valence-corrected chi connectivity index (χ0v) is 24.0. The number of aromatic nitrogens is 2. The topological polar surface area (TPSA) is 131 Å². The van der Waals surface area contributed by atoms with Gasteiger partial charge < -0.3 is 30.4 Å². The zero-order chi connectivity index (χ0) is 31.4. The predicted octanol–water partition coefficient (Wildman–Crippen LogP) is 3.68. The van der Waals surface area contributed by atoms with E-state index in [4.69, 9.17) is 14.9 Å². The first-order valence-electron chi connectivity index (χ1n) is 13.8. The summed E-state index contributed by atoms with van der Waals surface area (Å²) in [5.74, 6) is -2.07. The van der Waals surface area contributed by atoms with E-state index >= 15 is 4.39 Å². The van der Waals surface area contributed by atoms with Crippen LogP contribution in [0.5, 0.6) is 5.75 Å². The minimum atomic E-state index is -0.914. The fraction of sp³-hybridized carbons (Fsp3) is 0.226. The first-order valence-corrected chi connectivity index (χ1v) is 13.8. The van der Waals surface area contributed by atoms with E-state index in [1.165, 1.54) is 34.9 Å². The van der Waals surface area contributed by atoms with Crippen LogP contribution in [0.2, 0.25) is 0 Å². The average molecular weight is 605 g/mol. The molecule has 3 aromatic rings. The smallest absolute Gasteiger partial charge is 0.335 e. The number of carbonyl (C=O) groups excluding carboxylic acids is 1. The fourth-order valence-corrected chi connectivity index (χ4v) is 4.67. The van der Waals surface area contributed by atoms with Gasteiger partial charge in [-0.1, -0.05) is 0 Å². The Balaban J connectivity index is 1.41. The number of hydrogen-bond donors (Lipinski definition) is 3. The Bertz CT molecular complexity index is 1800. The SMILES string of the molecule is CC(C)n1cc(C(=O)Nc2ccc(OC3=CC(N4CCOCC4)=CN/C3=C\C=N)c(F)c2)c(=O)n(-c2ccc(F)cc2)c1=O. The van der Waals surface area contributed by atoms with Crippen LogP contribution in [-0.4, -0.2) is 52.5 Å². The number of ether oxygens (including phenoxy) is 2. The quantitative estimate of drug-likeness (QED) is 0.335. The van der Waals surface area contributed by atoms with Gasteiger partial charge in [-0.25, -0.2) is 18.1 Å². The largest absolute Gasteiger partial charge is 0.452 e. The van der Waals surface area contributed by atoms with Crippen molar-refractivity contribution in [2.45, 2.75) is 19.9 Å². The van der Waals surface area contributed by atoms with Crippen LogP contribution >= 0.6 is 0 Å². The minimum absolute atomic E-state index is 0.0368. The monoisotopic (exact) mass is 604 g/mol. The first kappa shape index (κ1) is 30.2. The van der Waals surface area contributed by atoms with Gasteiger partial charge in [0.1, 0.15) is 11.4 Å². The Morgan fingerprint density at radius 3 is 2.50 bits per heavy atom. The molecule has 0 radical (unpaired) electrons. The highest BCUT2D eigenvalue weighted by Crippen LogP contribution is 2.27. The van der Waals surface area contributed by atoms with Gasteiger partial charge >= 0.3 is 5.69 Å². The summed E-state index contributed by atoms with van der Waals surface area (Å²) in [6.45, 7) is 5.91. The molecule has 1 fully saturated rings. The summed E-state index contributed by atoms with van der Waals surface area (Å²) in [4.78, 5) is 41.7. The van der Waals surface area contributed by atoms with E-state index < -0.39 is 34.8 Å². The molecule has 0 saturated carbocycles. The van der Waals surface area contributed by atoms with Crippen LogP contribution in [0.1, 0.15) is 30.2 Å². The number of nitrogens with zero attached hydrogens (tertiary/aromatic N) is 3. The summed E-state index contributed by atoms with van der Waals surface area (Å²) in [7, 11) is 0. The maximum absolute atomic E-state index is 15.3. The van der Waals surface area contributed by atoms with Crippen LogP contribution in [0.4, 0.5) is 14.5 Å². The van der Waals surface area contributed by atoms with Gasteiger partial charge in [0.25, 0.3) is 11.5 Å². The molecule has 0 spiro atoms. The van der Waals surface area contributed by atoms with Gasteiger partial charge in [-0.05, 0) is 56.3 Å². The van der Waals surface area contributed by atoms with Crippen molar-refractivity contribution in [3.8, 4) is 11.4 Å². The van der Waals surface area contributed by atoms with E-state index in [0.717, 1.165) is 40.9 Å². The minimum Gasteiger partial charge on any atom is -0.452 e. The van der Waals surface area contributed by atoms with E-state index in [2.05, 4.69) is 15.5 Å². The Morgan fingerprint density at radius 2 is 1.84 bits per heavy atom. The van der Waals surface area contributed by atoms with Crippen molar-refractivity contribution in [3.63, 3.8) is 0 Å². The molecule has 2 aliphatic rings. The van der Waals surface area contributed by atoms with Gasteiger partial charge in [0.2, 0.25) is 0 Å². The van der Waals surface area contributed by atoms with Crippen molar-refractivity contribution in [1.82, 2.24) is 19.4 Å². The molecule has 3 N–H and O–H groups in total. The third-order valence-corrected chi connectivity index (χ3v) is 6.96. The lowest BCUT2D eigenvalue weighted by Crippen LogP contribution is -2.42. The molecule has 2 aliphatic heterocycles. The van der Waals surface area contributed by atoms with Gasteiger partial charge in [-0.15, -0.1) is 0 Å². The maximum atomic E-state index is 15.3. The Labute approximate surface area is 250 Å². The molecule has 3 heterocycles. The number of halogens is 2. The Hall–Kier alpha value is -5.30. The van der Waals surface area contributed by atoms with Gasteiger partial charge in [0.05, 0.1) is 30.3 Å². The second-order valence-electron chi connectivity index (χ2n) is 10.2. The van der Waals surface area contributed by atoms with Crippen molar-refractivity contribution < 1.29 is 23.0 Å². The summed E-state index contributed by atoms with van der Waals surface area (Å²) in [5, 5.41) is 13.0. The highest BCUT2D eigenvalue weighted by Gasteiger charge is 2.22. The van der Waals surface area contributed by atoms with Crippen molar-refractivity contribution in [2.24, 2.45) is 0 Å². The number of benzene rings is 2. The normalized spacial score (nSPS) is 15.8. The lowest BCUT2D eigenvalue weighted by molar-refractivity contribution is 0.0549. The third-order valence-electron chi connectivity index (χ3n) is 6.96. The molecule has 1 saturated heterocycles. The van der Waals surface area contributed by atoms with Crippen LogP contribution in [0.25, 0.3) is 5.69 Å². The number of anilines is 1. The van der Waals surface area contributed by atoms with Gasteiger partial charge in [-0.3, -0.25) is 14.2 Å². The molecule has 0 aliphatic carbocycles. The lowest BCUT2D eigenvalue weighted by atomic mass is 10.2. The average Bonchev–Trinajstić information content (AvgIpc) is 3.00. The summed E-state index contributed by atoms with van der Waals surface area (Å²) in [6.07, 6.45) is 7.21. The van der Waals surface area contributed by atoms with Crippen LogP contribution in [0, 0.1) is 17.0 Å². The maximum Gasteiger partial charge on any atom is 0.335 e. The first-order chi connectivity index (χ1) is 21.2. The second-order valence-corrected chi connectivity index (χ2v) is 10.2. The molecular weight excluding hydrogens is 574 g/mol. The second kappa shape index (κ2) is 12.9. The molecule has 5 rings (SSSR count). The van der Waals surface area contributed by atoms with Crippen molar-refractivity contribution in [1.29, 1.82) is 5.41 Å². The molecule has 0 unspecified atom stereocenters. The van der Waals surface area contributed by atoms with Crippen LogP contribution in [0.3, 0.4) is 0 Å². The van der Waals surface area contributed by atoms with Gasteiger partial charge in [0.15, 0.2) is 17.3 Å². The molecule has 228 valence electrons. The Morgan fingerprint density at radius 1 is 1.11 bits per heavy atom. The highest BCUT2D eigenvalue weighted by atomic mass is 19.1. The van der Waals surface area contributed by atoms with Gasteiger partial charge in [0, 0.05) is 55.6 Å². The van der Waals surface area contributed by atoms with E-state index in [-0.39, 0.29) is 28.4 Å². The number of morpholine rings is 1. The van der Waals surface area contributed by atoms with E-state index in [1.807, 2.05) is 0 Å². The summed E-state index contributed by atoms with van der Waals surface area (Å²) in [5.41, 5.74) is -0.596. The van der Waals surface area contributed by atoms with Crippen LogP contribution in [-0.2, 0) is 4.74 Å². The predicted molar refractivity (Wildman–Crippen MR) is 160 cm³/mol. The number of amides is 1. The van der Waals surface area contributed by atoms with Gasteiger partial charge in [-0.2, -0.15) is 0 Å². The number of dihydropyridines is 1. The summed E-state index contributed by atoms with van der Waals surface area (Å²) < 4.78 is 42.1. The Kier molecular flexibility index (Phi) is 8.86. The van der Waals surface area contributed by atoms with E-state index in [1.54, 1.807) is 26.1 Å². The number of nitrogens with one attached hydrogen (secondary N) is 3. The molecule has 0 atom stereocenters. The molecule has 44 heavy (non-hydrogen) atoms. The molecule has 0 bridgehead atoms. The molecule has 2 aromatic carbocycles. The number of allylic oxidation sites excluding steroid dienone is 2. The molecule has 1 aromatic heterocycles. The molecule has 1 amide bonds. The summed E-state index contributed by atoms with van der Waals surface area (Å²) >= 11 is 0. The standard InChI is InChI=1S/C31H30F2N6O5/c1-19(2)38-18-24(30(41)39(31(38)42)22-6-3-20(32)4-7-22)29(40)36-21-5-8-27(25(33)15-21)44-28-16-23(17-35-26(28)9-10-34)37-11-13-43-14-12-37/h3-10,15-19,34-35H,11-14H2,1-2H3,(H,36,40)/b26-9-,34-10?. The van der Waals surface area contributed by atoms with Crippen molar-refractivity contribution >= 4 is 17.8 Å². The molecule has 13 heteroatoms. The number of rotatable bonds is 8. The fourth-order valence-electron chi connectivity index (χ4n) is 4.67. The van der Waals surface area contributed by atoms with E-state index in [0.29, 0.717) is 32.0 Å². The zero-order valence-electron chi connectivity index (χ0n) is 24.0. The lowest BCUT2D eigenvalue weighted by Gasteiger charge is -2.32. The van der Waals surface area contributed by atoms with Crippen molar-refractivity contribution in [2.75, 3.05) is 31.6 Å². The van der Waals surface area contributed by atoms with Crippen LogP contribution < -0.4 is 26.6 Å². The number of carbonyl (C=O) groups is 1.